The van der Waals surface area contributed by atoms with Crippen molar-refractivity contribution in [1.29, 1.82) is 0 Å². The molecule has 0 saturated heterocycles. The maximum atomic E-state index is 10.9. The Balaban J connectivity index is 2.43. The summed E-state index contributed by atoms with van der Waals surface area (Å²) < 4.78 is -1.32. The highest BCUT2D eigenvalue weighted by Crippen LogP contribution is 2.37. The number of halogens is 2. The van der Waals surface area contributed by atoms with Gasteiger partial charge in [0, 0.05) is 5.56 Å². The lowest BCUT2D eigenvalue weighted by Crippen LogP contribution is -2.50. The minimum absolute atomic E-state index is 0.396. The zero-order valence-electron chi connectivity index (χ0n) is 7.71. The summed E-state index contributed by atoms with van der Waals surface area (Å²) in [7, 11) is 0. The van der Waals surface area contributed by atoms with Crippen molar-refractivity contribution in [3.8, 4) is 0 Å². The Bertz CT molecular complexity index is 406. The molecule has 1 aromatic carbocycles. The van der Waals surface area contributed by atoms with Crippen LogP contribution in [-0.4, -0.2) is 17.1 Å². The standard InChI is InChI=1S/C10H9Cl2NO2/c11-10(12)7-4-2-1-3-6(7)5-8(13-10)9(14)15/h1-4,8,13H,5H2,(H,14,15). The maximum absolute atomic E-state index is 10.9. The van der Waals surface area contributed by atoms with E-state index in [0.29, 0.717) is 6.42 Å². The number of nitrogens with one attached hydrogen (secondary N) is 1. The number of hydrogen-bond donors (Lipinski definition) is 2. The molecule has 0 spiro atoms. The van der Waals surface area contributed by atoms with E-state index < -0.39 is 16.5 Å². The van der Waals surface area contributed by atoms with Crippen LogP contribution in [0.2, 0.25) is 0 Å². The van der Waals surface area contributed by atoms with Gasteiger partial charge < -0.3 is 5.11 Å². The minimum atomic E-state index is -1.32. The number of alkyl halides is 2. The molecule has 1 atom stereocenters. The number of carboxylic acids is 1. The number of aliphatic carboxylic acids is 1. The number of rotatable bonds is 1. The van der Waals surface area contributed by atoms with E-state index in [2.05, 4.69) is 5.32 Å². The molecular formula is C10H9Cl2NO2. The van der Waals surface area contributed by atoms with Gasteiger partial charge in [-0.2, -0.15) is 0 Å². The number of benzene rings is 1. The van der Waals surface area contributed by atoms with Crippen molar-refractivity contribution in [1.82, 2.24) is 5.32 Å². The van der Waals surface area contributed by atoms with Crippen LogP contribution >= 0.6 is 23.2 Å². The Morgan fingerprint density at radius 2 is 2.13 bits per heavy atom. The predicted molar refractivity (Wildman–Crippen MR) is 58.1 cm³/mol. The first-order valence-corrected chi connectivity index (χ1v) is 5.23. The van der Waals surface area contributed by atoms with E-state index in [1.165, 1.54) is 0 Å². The fourth-order valence-corrected chi connectivity index (χ4v) is 2.35. The second kappa shape index (κ2) is 3.67. The van der Waals surface area contributed by atoms with Crippen LogP contribution in [0.15, 0.2) is 24.3 Å². The van der Waals surface area contributed by atoms with Gasteiger partial charge in [0.25, 0.3) is 0 Å². The molecule has 5 heteroatoms. The van der Waals surface area contributed by atoms with Crippen molar-refractivity contribution in [2.24, 2.45) is 0 Å². The van der Waals surface area contributed by atoms with Gasteiger partial charge in [-0.1, -0.05) is 47.5 Å². The summed E-state index contributed by atoms with van der Waals surface area (Å²) in [6, 6.07) is 6.55. The lowest BCUT2D eigenvalue weighted by Gasteiger charge is -2.33. The molecule has 2 rings (SSSR count). The Morgan fingerprint density at radius 3 is 2.80 bits per heavy atom. The zero-order valence-corrected chi connectivity index (χ0v) is 9.22. The fourth-order valence-electron chi connectivity index (χ4n) is 1.72. The van der Waals surface area contributed by atoms with Gasteiger partial charge in [-0.25, -0.2) is 0 Å². The summed E-state index contributed by atoms with van der Waals surface area (Å²) in [4.78, 5) is 10.9. The van der Waals surface area contributed by atoms with Crippen molar-refractivity contribution in [3.63, 3.8) is 0 Å². The predicted octanol–water partition coefficient (Wildman–Crippen LogP) is 1.87. The van der Waals surface area contributed by atoms with Crippen LogP contribution in [0, 0.1) is 0 Å². The topological polar surface area (TPSA) is 49.3 Å². The second-order valence-electron chi connectivity index (χ2n) is 3.47. The van der Waals surface area contributed by atoms with Gasteiger partial charge in [-0.15, -0.1) is 0 Å². The van der Waals surface area contributed by atoms with Gasteiger partial charge in [0.15, 0.2) is 4.46 Å². The van der Waals surface area contributed by atoms with Gasteiger partial charge in [0.05, 0.1) is 0 Å². The van der Waals surface area contributed by atoms with Crippen molar-refractivity contribution in [2.75, 3.05) is 0 Å². The molecule has 0 saturated carbocycles. The van der Waals surface area contributed by atoms with E-state index in [1.807, 2.05) is 18.2 Å². The molecule has 1 unspecified atom stereocenters. The van der Waals surface area contributed by atoms with Gasteiger partial charge in [0.1, 0.15) is 6.04 Å². The van der Waals surface area contributed by atoms with Crippen molar-refractivity contribution >= 4 is 29.2 Å². The molecule has 0 bridgehead atoms. The third kappa shape index (κ3) is 1.95. The Morgan fingerprint density at radius 1 is 1.47 bits per heavy atom. The maximum Gasteiger partial charge on any atom is 0.321 e. The molecule has 3 nitrogen and oxygen atoms in total. The summed E-state index contributed by atoms with van der Waals surface area (Å²) in [5.74, 6) is -0.949. The number of carbonyl (C=O) groups is 1. The highest BCUT2D eigenvalue weighted by molar-refractivity contribution is 6.48. The lowest BCUT2D eigenvalue weighted by molar-refractivity contribution is -0.139. The van der Waals surface area contributed by atoms with Crippen molar-refractivity contribution < 1.29 is 9.90 Å². The van der Waals surface area contributed by atoms with E-state index in [0.717, 1.165) is 11.1 Å². The summed E-state index contributed by atoms with van der Waals surface area (Å²) in [5.41, 5.74) is 1.60. The van der Waals surface area contributed by atoms with Crippen molar-refractivity contribution in [2.45, 2.75) is 16.9 Å². The summed E-state index contributed by atoms with van der Waals surface area (Å²) in [5, 5.41) is 11.6. The quantitative estimate of drug-likeness (QED) is 0.587. The molecule has 1 heterocycles. The molecule has 15 heavy (non-hydrogen) atoms. The highest BCUT2D eigenvalue weighted by Gasteiger charge is 2.38. The van der Waals surface area contributed by atoms with Crippen LogP contribution in [0.3, 0.4) is 0 Å². The number of fused-ring (bicyclic) bond motifs is 1. The van der Waals surface area contributed by atoms with E-state index in [1.54, 1.807) is 6.07 Å². The molecule has 2 N–H and O–H groups in total. The molecule has 0 aromatic heterocycles. The molecule has 0 aliphatic carbocycles. The third-order valence-corrected chi connectivity index (χ3v) is 3.06. The van der Waals surface area contributed by atoms with Gasteiger partial charge >= 0.3 is 5.97 Å². The average molecular weight is 246 g/mol. The molecule has 0 amide bonds. The van der Waals surface area contributed by atoms with E-state index >= 15 is 0 Å². The Kier molecular flexibility index (Phi) is 2.63. The normalized spacial score (nSPS) is 23.2. The molecule has 1 aliphatic heterocycles. The SMILES string of the molecule is O=C(O)C1Cc2ccccc2C(Cl)(Cl)N1. The molecule has 0 radical (unpaired) electrons. The van der Waals surface area contributed by atoms with E-state index in [9.17, 15) is 4.79 Å². The van der Waals surface area contributed by atoms with Crippen LogP contribution in [0.25, 0.3) is 0 Å². The van der Waals surface area contributed by atoms with Gasteiger partial charge in [0.2, 0.25) is 0 Å². The highest BCUT2D eigenvalue weighted by atomic mass is 35.5. The minimum Gasteiger partial charge on any atom is -0.480 e. The molecule has 1 aromatic rings. The van der Waals surface area contributed by atoms with Crippen molar-refractivity contribution in [3.05, 3.63) is 35.4 Å². The summed E-state index contributed by atoms with van der Waals surface area (Å²) in [6.07, 6.45) is 0.396. The fraction of sp³-hybridized carbons (Fsp3) is 0.300. The average Bonchev–Trinajstić information content (AvgIpc) is 2.16. The van der Waals surface area contributed by atoms with Crippen LogP contribution < -0.4 is 5.32 Å². The van der Waals surface area contributed by atoms with Crippen LogP contribution in [0.1, 0.15) is 11.1 Å². The molecule has 0 fully saturated rings. The molecule has 1 aliphatic rings. The van der Waals surface area contributed by atoms with Gasteiger partial charge in [-0.05, 0) is 12.0 Å². The van der Waals surface area contributed by atoms with Crippen LogP contribution in [0.4, 0.5) is 0 Å². The van der Waals surface area contributed by atoms with Crippen LogP contribution in [0.5, 0.6) is 0 Å². The third-order valence-electron chi connectivity index (χ3n) is 2.43. The van der Waals surface area contributed by atoms with E-state index in [-0.39, 0.29) is 0 Å². The first kappa shape index (κ1) is 10.7. The number of hydrogen-bond acceptors (Lipinski definition) is 2. The first-order valence-electron chi connectivity index (χ1n) is 4.47. The first-order chi connectivity index (χ1) is 7.00. The Hall–Kier alpha value is -0.770. The largest absolute Gasteiger partial charge is 0.480 e. The zero-order chi connectivity index (χ0) is 11.1. The smallest absolute Gasteiger partial charge is 0.321 e. The van der Waals surface area contributed by atoms with Crippen LogP contribution in [-0.2, 0) is 15.7 Å². The molecule has 80 valence electrons. The summed E-state index contributed by atoms with van der Waals surface area (Å²) >= 11 is 12.1. The molecular weight excluding hydrogens is 237 g/mol. The number of carboxylic acid groups (broad SMARTS) is 1. The lowest BCUT2D eigenvalue weighted by atomic mass is 9.95. The summed E-state index contributed by atoms with van der Waals surface area (Å²) in [6.45, 7) is 0. The van der Waals surface area contributed by atoms with E-state index in [4.69, 9.17) is 28.3 Å². The monoisotopic (exact) mass is 245 g/mol. The Labute approximate surface area is 97.0 Å². The van der Waals surface area contributed by atoms with Gasteiger partial charge in [-0.3, -0.25) is 10.1 Å². The second-order valence-corrected chi connectivity index (χ2v) is 4.80.